The van der Waals surface area contributed by atoms with E-state index < -0.39 is 16.0 Å². The van der Waals surface area contributed by atoms with Gasteiger partial charge < -0.3 is 4.74 Å². The summed E-state index contributed by atoms with van der Waals surface area (Å²) in [5.74, 6) is -0.486. The van der Waals surface area contributed by atoms with Crippen LogP contribution in [0, 0.1) is 0 Å². The van der Waals surface area contributed by atoms with Gasteiger partial charge in [0.05, 0.1) is 24.1 Å². The van der Waals surface area contributed by atoms with Crippen LogP contribution in [0.4, 0.5) is 0 Å². The molecule has 1 aromatic heterocycles. The molecule has 0 bridgehead atoms. The molecule has 2 aromatic rings. The maximum atomic E-state index is 12.8. The maximum Gasteiger partial charge on any atom is 0.337 e. The summed E-state index contributed by atoms with van der Waals surface area (Å²) >= 11 is 0. The summed E-state index contributed by atoms with van der Waals surface area (Å²) in [6, 6.07) is 7.73. The number of rotatable bonds is 6. The summed E-state index contributed by atoms with van der Waals surface area (Å²) in [5.41, 5.74) is 0.329. The molecular weight excluding hydrogens is 356 g/mol. The fourth-order valence-corrected chi connectivity index (χ4v) is 4.32. The number of ether oxygens (including phenoxy) is 1. The minimum Gasteiger partial charge on any atom is -0.465 e. The highest BCUT2D eigenvalue weighted by Crippen LogP contribution is 2.18. The molecule has 0 aliphatic carbocycles. The first-order chi connectivity index (χ1) is 12.5. The lowest BCUT2D eigenvalue weighted by atomic mass is 10.2. The normalized spacial score (nSPS) is 16.5. The molecule has 0 atom stereocenters. The average Bonchev–Trinajstić information content (AvgIpc) is 3.20. The molecule has 0 unspecified atom stereocenters. The zero-order valence-electron chi connectivity index (χ0n) is 14.6. The number of nitrogens with zero attached hydrogens (tertiary/aromatic N) is 4. The summed E-state index contributed by atoms with van der Waals surface area (Å²) in [4.78, 5) is 13.9. The Labute approximate surface area is 153 Å². The molecule has 26 heavy (non-hydrogen) atoms. The van der Waals surface area contributed by atoms with E-state index in [0.717, 1.165) is 13.1 Å². The molecular formula is C17H22N4O4S. The van der Waals surface area contributed by atoms with Gasteiger partial charge in [-0.2, -0.15) is 9.40 Å². The van der Waals surface area contributed by atoms with Crippen LogP contribution in [0.2, 0.25) is 0 Å². The van der Waals surface area contributed by atoms with Gasteiger partial charge in [0.2, 0.25) is 10.0 Å². The number of carbonyl (C=O) groups excluding carboxylic acids is 1. The molecule has 2 heterocycles. The second kappa shape index (κ2) is 7.98. The van der Waals surface area contributed by atoms with Crippen LogP contribution in [0.5, 0.6) is 0 Å². The van der Waals surface area contributed by atoms with Crippen LogP contribution >= 0.6 is 0 Å². The average molecular weight is 378 g/mol. The van der Waals surface area contributed by atoms with Gasteiger partial charge in [0, 0.05) is 45.1 Å². The van der Waals surface area contributed by atoms with E-state index in [1.54, 1.807) is 6.20 Å². The van der Waals surface area contributed by atoms with Crippen molar-refractivity contribution in [2.75, 3.05) is 39.8 Å². The third kappa shape index (κ3) is 4.12. The number of carbonyl (C=O) groups is 1. The van der Waals surface area contributed by atoms with Crippen molar-refractivity contribution in [3.05, 3.63) is 48.3 Å². The molecule has 140 valence electrons. The van der Waals surface area contributed by atoms with Gasteiger partial charge in [0.25, 0.3) is 0 Å². The van der Waals surface area contributed by atoms with E-state index in [9.17, 15) is 13.2 Å². The third-order valence-corrected chi connectivity index (χ3v) is 6.36. The van der Waals surface area contributed by atoms with Crippen molar-refractivity contribution in [2.24, 2.45) is 0 Å². The van der Waals surface area contributed by atoms with Crippen LogP contribution in [0.15, 0.2) is 47.6 Å². The molecule has 0 spiro atoms. The van der Waals surface area contributed by atoms with Gasteiger partial charge in [0.1, 0.15) is 0 Å². The van der Waals surface area contributed by atoms with Crippen molar-refractivity contribution >= 4 is 16.0 Å². The molecule has 0 amide bonds. The smallest absolute Gasteiger partial charge is 0.337 e. The zero-order chi connectivity index (χ0) is 18.6. The molecule has 8 nitrogen and oxygen atoms in total. The SMILES string of the molecule is COC(=O)c1ccc(S(=O)(=O)N2CCN(CCn3cccn3)CC2)cc1. The highest BCUT2D eigenvalue weighted by Gasteiger charge is 2.28. The first-order valence-corrected chi connectivity index (χ1v) is 9.83. The molecule has 1 aliphatic rings. The Hall–Kier alpha value is -2.23. The number of piperazine rings is 1. The summed E-state index contributed by atoms with van der Waals surface area (Å²) < 4.78 is 33.5. The Morgan fingerprint density at radius 2 is 1.81 bits per heavy atom. The molecule has 9 heteroatoms. The van der Waals surface area contributed by atoms with Crippen molar-refractivity contribution in [1.82, 2.24) is 19.0 Å². The molecule has 1 saturated heterocycles. The predicted octanol–water partition coefficient (Wildman–Crippen LogP) is 0.676. The van der Waals surface area contributed by atoms with Gasteiger partial charge in [-0.05, 0) is 30.3 Å². The molecule has 1 fully saturated rings. The van der Waals surface area contributed by atoms with Crippen molar-refractivity contribution in [1.29, 1.82) is 0 Å². The van der Waals surface area contributed by atoms with E-state index in [4.69, 9.17) is 0 Å². The fraction of sp³-hybridized carbons (Fsp3) is 0.412. The monoisotopic (exact) mass is 378 g/mol. The second-order valence-corrected chi connectivity index (χ2v) is 7.97. The number of hydrogen-bond acceptors (Lipinski definition) is 6. The van der Waals surface area contributed by atoms with Gasteiger partial charge in [-0.15, -0.1) is 0 Å². The van der Waals surface area contributed by atoms with E-state index in [-0.39, 0.29) is 4.90 Å². The Morgan fingerprint density at radius 1 is 1.12 bits per heavy atom. The Balaban J connectivity index is 1.58. The standard InChI is InChI=1S/C17H22N4O4S/c1-25-17(22)15-3-5-16(6-4-15)26(23,24)21-13-10-19(11-14-21)9-12-20-8-2-7-18-20/h2-8H,9-14H2,1H3. The van der Waals surface area contributed by atoms with Crippen molar-refractivity contribution in [2.45, 2.75) is 11.4 Å². The Morgan fingerprint density at radius 3 is 2.38 bits per heavy atom. The van der Waals surface area contributed by atoms with Crippen LogP contribution in [0.3, 0.4) is 0 Å². The number of aromatic nitrogens is 2. The Bertz CT molecular complexity index is 826. The van der Waals surface area contributed by atoms with Crippen LogP contribution in [-0.4, -0.2) is 73.2 Å². The highest BCUT2D eigenvalue weighted by molar-refractivity contribution is 7.89. The summed E-state index contributed by atoms with van der Waals surface area (Å²) in [6.45, 7) is 3.88. The van der Waals surface area contributed by atoms with Crippen molar-refractivity contribution in [3.8, 4) is 0 Å². The van der Waals surface area contributed by atoms with E-state index in [0.29, 0.717) is 31.7 Å². The third-order valence-electron chi connectivity index (χ3n) is 4.45. The lowest BCUT2D eigenvalue weighted by Crippen LogP contribution is -2.49. The number of sulfonamides is 1. The summed E-state index contributed by atoms with van der Waals surface area (Å²) in [5, 5.41) is 4.17. The largest absolute Gasteiger partial charge is 0.465 e. The van der Waals surface area contributed by atoms with Gasteiger partial charge in [0.15, 0.2) is 0 Å². The quantitative estimate of drug-likeness (QED) is 0.687. The fourth-order valence-electron chi connectivity index (χ4n) is 2.90. The molecule has 0 N–H and O–H groups in total. The highest BCUT2D eigenvalue weighted by atomic mass is 32.2. The first kappa shape index (κ1) is 18.6. The number of esters is 1. The number of hydrogen-bond donors (Lipinski definition) is 0. The van der Waals surface area contributed by atoms with E-state index in [1.807, 2.05) is 16.9 Å². The lowest BCUT2D eigenvalue weighted by Gasteiger charge is -2.33. The molecule has 0 radical (unpaired) electrons. The molecule has 3 rings (SSSR count). The maximum absolute atomic E-state index is 12.8. The van der Waals surface area contributed by atoms with E-state index in [1.165, 1.54) is 35.7 Å². The van der Waals surface area contributed by atoms with Gasteiger partial charge in [-0.3, -0.25) is 9.58 Å². The molecule has 1 aromatic carbocycles. The summed E-state index contributed by atoms with van der Waals surface area (Å²) in [6.07, 6.45) is 3.66. The van der Waals surface area contributed by atoms with Crippen molar-refractivity contribution < 1.29 is 17.9 Å². The van der Waals surface area contributed by atoms with Crippen LogP contribution in [0.1, 0.15) is 10.4 Å². The second-order valence-electron chi connectivity index (χ2n) is 6.03. The van der Waals surface area contributed by atoms with E-state index >= 15 is 0 Å². The number of benzene rings is 1. The first-order valence-electron chi connectivity index (χ1n) is 8.39. The van der Waals surface area contributed by atoms with Gasteiger partial charge >= 0.3 is 5.97 Å². The van der Waals surface area contributed by atoms with Crippen molar-refractivity contribution in [3.63, 3.8) is 0 Å². The van der Waals surface area contributed by atoms with Crippen LogP contribution < -0.4 is 0 Å². The van der Waals surface area contributed by atoms with Gasteiger partial charge in [-0.25, -0.2) is 13.2 Å². The number of methoxy groups -OCH3 is 1. The summed E-state index contributed by atoms with van der Waals surface area (Å²) in [7, 11) is -2.27. The minimum absolute atomic E-state index is 0.190. The van der Waals surface area contributed by atoms with Crippen LogP contribution in [0.25, 0.3) is 0 Å². The lowest BCUT2D eigenvalue weighted by molar-refractivity contribution is 0.0600. The van der Waals surface area contributed by atoms with Crippen LogP contribution in [-0.2, 0) is 21.3 Å². The van der Waals surface area contributed by atoms with Gasteiger partial charge in [-0.1, -0.05) is 0 Å². The Kier molecular flexibility index (Phi) is 5.70. The topological polar surface area (TPSA) is 84.7 Å². The molecule has 1 aliphatic heterocycles. The minimum atomic E-state index is -3.56. The predicted molar refractivity (Wildman–Crippen MR) is 95.2 cm³/mol. The molecule has 0 saturated carbocycles. The zero-order valence-corrected chi connectivity index (χ0v) is 15.4. The van der Waals surface area contributed by atoms with E-state index in [2.05, 4.69) is 14.7 Å².